The molecule has 1 unspecified atom stereocenters. The summed E-state index contributed by atoms with van der Waals surface area (Å²) in [5.74, 6) is -4.63. The summed E-state index contributed by atoms with van der Waals surface area (Å²) in [5, 5.41) is 5.87. The molecule has 20 heavy (non-hydrogen) atoms. The van der Waals surface area contributed by atoms with Gasteiger partial charge in [-0.1, -0.05) is 5.11 Å². The minimum atomic E-state index is -1.35. The van der Waals surface area contributed by atoms with Crippen LogP contribution in [-0.2, 0) is 4.79 Å². The van der Waals surface area contributed by atoms with Crippen LogP contribution in [0.1, 0.15) is 18.0 Å². The maximum Gasteiger partial charge on any atom is 0.239 e. The van der Waals surface area contributed by atoms with E-state index in [0.717, 1.165) is 0 Å². The Morgan fingerprint density at radius 2 is 2.00 bits per heavy atom. The van der Waals surface area contributed by atoms with Crippen LogP contribution in [0.15, 0.2) is 17.2 Å². The van der Waals surface area contributed by atoms with Crippen LogP contribution in [0.3, 0.4) is 0 Å². The molecule has 0 aromatic heterocycles. The molecule has 0 fully saturated rings. The Labute approximate surface area is 112 Å². The van der Waals surface area contributed by atoms with Crippen molar-refractivity contribution in [3.05, 3.63) is 45.6 Å². The highest BCUT2D eigenvalue weighted by atomic mass is 19.2. The molecule has 6 nitrogen and oxygen atoms in total. The van der Waals surface area contributed by atoms with Crippen molar-refractivity contribution < 1.29 is 18.0 Å². The number of hydrogen-bond donors (Lipinski definition) is 2. The number of rotatable bonds is 7. The molecule has 0 bridgehead atoms. The summed E-state index contributed by atoms with van der Waals surface area (Å²) in [6.07, 6.45) is 0.374. The van der Waals surface area contributed by atoms with Gasteiger partial charge in [-0.15, -0.1) is 0 Å². The van der Waals surface area contributed by atoms with Crippen molar-refractivity contribution in [3.8, 4) is 0 Å². The molecule has 0 radical (unpaired) electrons. The first-order valence-electron chi connectivity index (χ1n) is 5.65. The highest BCUT2D eigenvalue weighted by Gasteiger charge is 2.22. The molecule has 1 aromatic rings. The van der Waals surface area contributed by atoms with E-state index in [1.807, 2.05) is 0 Å². The number of halogens is 3. The minimum absolute atomic E-state index is 0.176. The first-order chi connectivity index (χ1) is 9.47. The van der Waals surface area contributed by atoms with Gasteiger partial charge >= 0.3 is 0 Å². The third kappa shape index (κ3) is 4.15. The fourth-order valence-corrected chi connectivity index (χ4v) is 1.56. The predicted octanol–water partition coefficient (Wildman–Crippen LogP) is 1.92. The van der Waals surface area contributed by atoms with Gasteiger partial charge in [-0.3, -0.25) is 4.79 Å². The van der Waals surface area contributed by atoms with Crippen molar-refractivity contribution in [2.45, 2.75) is 12.5 Å². The summed E-state index contributed by atoms with van der Waals surface area (Å²) in [4.78, 5) is 13.8. The lowest BCUT2D eigenvalue weighted by atomic mass is 10.0. The fourth-order valence-electron chi connectivity index (χ4n) is 1.56. The van der Waals surface area contributed by atoms with E-state index in [9.17, 15) is 18.0 Å². The van der Waals surface area contributed by atoms with E-state index in [4.69, 9.17) is 11.3 Å². The first kappa shape index (κ1) is 15.8. The molecule has 3 N–H and O–H groups in total. The van der Waals surface area contributed by atoms with Crippen molar-refractivity contribution in [2.24, 2.45) is 10.8 Å². The van der Waals surface area contributed by atoms with Crippen LogP contribution >= 0.6 is 0 Å². The molecular weight excluding hydrogens is 275 g/mol. The Morgan fingerprint density at radius 1 is 1.35 bits per heavy atom. The third-order valence-electron chi connectivity index (χ3n) is 2.48. The molecule has 0 aliphatic carbocycles. The SMILES string of the molecule is [N-]=[N+]=NCCCNC(C(N)=O)c1cc(F)c(F)cc1F. The second-order valence-corrected chi connectivity index (χ2v) is 3.89. The van der Waals surface area contributed by atoms with Gasteiger partial charge in [0, 0.05) is 23.1 Å². The Kier molecular flexibility index (Phi) is 5.82. The quantitative estimate of drug-likeness (QED) is 0.263. The van der Waals surface area contributed by atoms with Gasteiger partial charge in [-0.05, 0) is 24.6 Å². The summed E-state index contributed by atoms with van der Waals surface area (Å²) in [6.45, 7) is 0.361. The summed E-state index contributed by atoms with van der Waals surface area (Å²) < 4.78 is 39.5. The highest BCUT2D eigenvalue weighted by Crippen LogP contribution is 2.20. The standard InChI is InChI=1S/C11H12F3N5O/c12-7-5-9(14)8(13)4-6(7)10(11(15)20)17-2-1-3-18-19-16/h4-5,10,17H,1-3H2,(H2,15,20). The zero-order valence-corrected chi connectivity index (χ0v) is 10.3. The average Bonchev–Trinajstić information content (AvgIpc) is 2.38. The number of carbonyl (C=O) groups excluding carboxylic acids is 1. The number of nitrogens with one attached hydrogen (secondary N) is 1. The van der Waals surface area contributed by atoms with Gasteiger partial charge < -0.3 is 11.1 Å². The molecule has 0 heterocycles. The normalized spacial score (nSPS) is 11.8. The topological polar surface area (TPSA) is 104 Å². The van der Waals surface area contributed by atoms with Gasteiger partial charge in [0.1, 0.15) is 11.9 Å². The number of hydrogen-bond acceptors (Lipinski definition) is 3. The monoisotopic (exact) mass is 287 g/mol. The van der Waals surface area contributed by atoms with Crippen molar-refractivity contribution in [3.63, 3.8) is 0 Å². The van der Waals surface area contributed by atoms with Crippen molar-refractivity contribution in [2.75, 3.05) is 13.1 Å². The number of nitrogens with two attached hydrogens (primary N) is 1. The lowest BCUT2D eigenvalue weighted by Gasteiger charge is -2.16. The van der Waals surface area contributed by atoms with Gasteiger partial charge in [0.15, 0.2) is 11.6 Å². The van der Waals surface area contributed by atoms with Crippen LogP contribution in [-0.4, -0.2) is 19.0 Å². The van der Waals surface area contributed by atoms with Crippen LogP contribution in [0.4, 0.5) is 13.2 Å². The van der Waals surface area contributed by atoms with Crippen molar-refractivity contribution in [1.29, 1.82) is 0 Å². The number of nitrogens with zero attached hydrogens (tertiary/aromatic N) is 3. The molecule has 1 rings (SSSR count). The van der Waals surface area contributed by atoms with E-state index in [1.165, 1.54) is 0 Å². The second kappa shape index (κ2) is 7.37. The number of primary amides is 1. The maximum absolute atomic E-state index is 13.5. The van der Waals surface area contributed by atoms with Gasteiger partial charge in [0.2, 0.25) is 5.91 Å². The van der Waals surface area contributed by atoms with E-state index in [-0.39, 0.29) is 18.7 Å². The number of azide groups is 1. The molecule has 1 amide bonds. The molecule has 0 spiro atoms. The van der Waals surface area contributed by atoms with Crippen LogP contribution < -0.4 is 11.1 Å². The fraction of sp³-hybridized carbons (Fsp3) is 0.364. The molecule has 0 aliphatic heterocycles. The van der Waals surface area contributed by atoms with Crippen LogP contribution in [0.25, 0.3) is 10.4 Å². The lowest BCUT2D eigenvalue weighted by Crippen LogP contribution is -2.35. The van der Waals surface area contributed by atoms with Crippen molar-refractivity contribution >= 4 is 5.91 Å². The molecule has 0 saturated heterocycles. The largest absolute Gasteiger partial charge is 0.368 e. The molecule has 1 aromatic carbocycles. The van der Waals surface area contributed by atoms with Crippen LogP contribution in [0.5, 0.6) is 0 Å². The summed E-state index contributed by atoms with van der Waals surface area (Å²) >= 11 is 0. The van der Waals surface area contributed by atoms with Gasteiger partial charge in [-0.2, -0.15) is 0 Å². The maximum atomic E-state index is 13.5. The lowest BCUT2D eigenvalue weighted by molar-refractivity contribution is -0.120. The molecule has 108 valence electrons. The van der Waals surface area contributed by atoms with Crippen molar-refractivity contribution in [1.82, 2.24) is 5.32 Å². The molecule has 0 aliphatic rings. The van der Waals surface area contributed by atoms with E-state index >= 15 is 0 Å². The van der Waals surface area contributed by atoms with E-state index < -0.39 is 29.4 Å². The number of carbonyl (C=O) groups is 1. The Morgan fingerprint density at radius 3 is 2.60 bits per heavy atom. The summed E-state index contributed by atoms with van der Waals surface area (Å²) in [5.41, 5.74) is 12.8. The zero-order chi connectivity index (χ0) is 15.1. The third-order valence-corrected chi connectivity index (χ3v) is 2.48. The minimum Gasteiger partial charge on any atom is -0.368 e. The first-order valence-corrected chi connectivity index (χ1v) is 5.65. The Bertz CT molecular complexity index is 545. The molecule has 9 heteroatoms. The van der Waals surface area contributed by atoms with E-state index in [0.29, 0.717) is 18.6 Å². The van der Waals surface area contributed by atoms with Gasteiger partial charge in [-0.25, -0.2) is 13.2 Å². The Hall–Kier alpha value is -2.25. The second-order valence-electron chi connectivity index (χ2n) is 3.89. The summed E-state index contributed by atoms with van der Waals surface area (Å²) in [7, 11) is 0. The number of amides is 1. The van der Waals surface area contributed by atoms with Crippen LogP contribution in [0, 0.1) is 17.5 Å². The zero-order valence-electron chi connectivity index (χ0n) is 10.3. The van der Waals surface area contributed by atoms with E-state index in [2.05, 4.69) is 15.3 Å². The average molecular weight is 287 g/mol. The highest BCUT2D eigenvalue weighted by molar-refractivity contribution is 5.81. The molecular formula is C11H12F3N5O. The smallest absolute Gasteiger partial charge is 0.239 e. The summed E-state index contributed by atoms with van der Waals surface area (Å²) in [6, 6.07) is -0.362. The van der Waals surface area contributed by atoms with Gasteiger partial charge in [0.05, 0.1) is 0 Å². The molecule has 0 saturated carbocycles. The predicted molar refractivity (Wildman–Crippen MR) is 64.9 cm³/mol. The van der Waals surface area contributed by atoms with Crippen LogP contribution in [0.2, 0.25) is 0 Å². The Balaban J connectivity index is 2.83. The van der Waals surface area contributed by atoms with E-state index in [1.54, 1.807) is 0 Å². The number of benzene rings is 1. The van der Waals surface area contributed by atoms with Gasteiger partial charge in [0.25, 0.3) is 0 Å². The molecule has 1 atom stereocenters.